The van der Waals surface area contributed by atoms with Crippen LogP contribution in [0, 0.1) is 11.8 Å². The third-order valence-corrected chi connectivity index (χ3v) is 5.73. The van der Waals surface area contributed by atoms with E-state index in [1.165, 1.54) is 0 Å². The maximum atomic E-state index is 12.3. The number of rotatable bonds is 10. The minimum absolute atomic E-state index is 0.113. The predicted molar refractivity (Wildman–Crippen MR) is 88.5 cm³/mol. The highest BCUT2D eigenvalue weighted by Gasteiger charge is 2.43. The van der Waals surface area contributed by atoms with Gasteiger partial charge in [0.05, 0.1) is 12.5 Å². The summed E-state index contributed by atoms with van der Waals surface area (Å²) in [4.78, 5) is 24.6. The molecule has 1 rings (SSSR count). The van der Waals surface area contributed by atoms with Crippen molar-refractivity contribution in [3.63, 3.8) is 0 Å². The molecule has 4 heteroatoms. The molecule has 0 bridgehead atoms. The van der Waals surface area contributed by atoms with Crippen molar-refractivity contribution >= 4 is 23.5 Å². The van der Waals surface area contributed by atoms with Crippen LogP contribution in [0.3, 0.4) is 0 Å². The number of carbonyl (C=O) groups excluding carboxylic acids is 2. The molecular formula is C17H30O3S. The predicted octanol–water partition coefficient (Wildman–Crippen LogP) is 4.24. The molecule has 21 heavy (non-hydrogen) atoms. The molecule has 3 unspecified atom stereocenters. The van der Waals surface area contributed by atoms with Gasteiger partial charge in [-0.3, -0.25) is 9.59 Å². The molecule has 0 spiro atoms. The topological polar surface area (TPSA) is 43.4 Å². The molecule has 0 aromatic carbocycles. The fraction of sp³-hybridized carbons (Fsp3) is 0.882. The van der Waals surface area contributed by atoms with Crippen LogP contribution < -0.4 is 0 Å². The van der Waals surface area contributed by atoms with E-state index < -0.39 is 0 Å². The first kappa shape index (κ1) is 18.5. The van der Waals surface area contributed by atoms with Gasteiger partial charge in [-0.25, -0.2) is 0 Å². The highest BCUT2D eigenvalue weighted by atomic mass is 32.2. The Morgan fingerprint density at radius 2 is 2.05 bits per heavy atom. The fourth-order valence-corrected chi connectivity index (χ4v) is 4.46. The minimum atomic E-state index is -0.221. The zero-order valence-electron chi connectivity index (χ0n) is 13.7. The second-order valence-electron chi connectivity index (χ2n) is 5.79. The van der Waals surface area contributed by atoms with E-state index in [1.807, 2.05) is 18.7 Å². The molecule has 0 aromatic rings. The Labute approximate surface area is 133 Å². The van der Waals surface area contributed by atoms with Gasteiger partial charge in [-0.05, 0) is 31.9 Å². The van der Waals surface area contributed by atoms with Gasteiger partial charge in [0.15, 0.2) is 0 Å². The number of Topliss-reactive ketones (excluding diaryl/α,β-unsaturated/α-hetero) is 1. The van der Waals surface area contributed by atoms with E-state index in [9.17, 15) is 9.59 Å². The molecule has 0 aromatic heterocycles. The van der Waals surface area contributed by atoms with Crippen molar-refractivity contribution in [1.82, 2.24) is 0 Å². The van der Waals surface area contributed by atoms with Crippen molar-refractivity contribution in [2.24, 2.45) is 11.8 Å². The Hall–Kier alpha value is -0.510. The SMILES string of the molecule is CCCCCC(C(=O)OCC)C1C(=O)CCC1SCCC. The van der Waals surface area contributed by atoms with E-state index in [-0.39, 0.29) is 23.6 Å². The third-order valence-electron chi connectivity index (χ3n) is 4.13. The molecule has 0 heterocycles. The van der Waals surface area contributed by atoms with Crippen molar-refractivity contribution in [3.8, 4) is 0 Å². The molecule has 0 N–H and O–H groups in total. The summed E-state index contributed by atoms with van der Waals surface area (Å²) in [6, 6.07) is 0. The zero-order chi connectivity index (χ0) is 15.7. The van der Waals surface area contributed by atoms with E-state index >= 15 is 0 Å². The summed E-state index contributed by atoms with van der Waals surface area (Å²) in [5.41, 5.74) is 0. The summed E-state index contributed by atoms with van der Waals surface area (Å²) in [5, 5.41) is 0.313. The van der Waals surface area contributed by atoms with Crippen LogP contribution in [-0.2, 0) is 14.3 Å². The van der Waals surface area contributed by atoms with Crippen LogP contribution in [0.1, 0.15) is 65.7 Å². The normalized spacial score (nSPS) is 23.3. The minimum Gasteiger partial charge on any atom is -0.466 e. The average Bonchev–Trinajstić information content (AvgIpc) is 2.83. The maximum absolute atomic E-state index is 12.3. The maximum Gasteiger partial charge on any atom is 0.309 e. The van der Waals surface area contributed by atoms with E-state index in [2.05, 4.69) is 13.8 Å². The highest BCUT2D eigenvalue weighted by Crippen LogP contribution is 2.39. The average molecular weight is 314 g/mol. The highest BCUT2D eigenvalue weighted by molar-refractivity contribution is 7.99. The Balaban J connectivity index is 2.76. The van der Waals surface area contributed by atoms with Gasteiger partial charge < -0.3 is 4.74 Å². The number of esters is 1. The number of ether oxygens (including phenoxy) is 1. The van der Waals surface area contributed by atoms with Gasteiger partial charge in [-0.1, -0.05) is 33.1 Å². The molecule has 1 saturated carbocycles. The van der Waals surface area contributed by atoms with E-state index in [0.717, 1.165) is 44.3 Å². The summed E-state index contributed by atoms with van der Waals surface area (Å²) in [6.45, 7) is 6.54. The lowest BCUT2D eigenvalue weighted by Gasteiger charge is -2.26. The molecule has 1 aliphatic rings. The number of thioether (sulfide) groups is 1. The van der Waals surface area contributed by atoms with E-state index in [1.54, 1.807) is 0 Å². The van der Waals surface area contributed by atoms with Crippen LogP contribution in [0.15, 0.2) is 0 Å². The molecule has 3 nitrogen and oxygen atoms in total. The number of unbranched alkanes of at least 4 members (excludes halogenated alkanes) is 2. The molecular weight excluding hydrogens is 284 g/mol. The monoisotopic (exact) mass is 314 g/mol. The number of carbonyl (C=O) groups is 2. The Morgan fingerprint density at radius 1 is 1.29 bits per heavy atom. The quantitative estimate of drug-likeness (QED) is 0.447. The summed E-state index contributed by atoms with van der Waals surface area (Å²) in [7, 11) is 0. The number of ketones is 1. The lowest BCUT2D eigenvalue weighted by molar-refractivity contribution is -0.152. The van der Waals surface area contributed by atoms with Crippen molar-refractivity contribution in [2.45, 2.75) is 71.0 Å². The molecule has 0 radical (unpaired) electrons. The smallest absolute Gasteiger partial charge is 0.309 e. The zero-order valence-corrected chi connectivity index (χ0v) is 14.5. The first-order valence-corrected chi connectivity index (χ1v) is 9.51. The lowest BCUT2D eigenvalue weighted by atomic mass is 9.85. The van der Waals surface area contributed by atoms with Gasteiger partial charge in [0.25, 0.3) is 0 Å². The van der Waals surface area contributed by atoms with Crippen molar-refractivity contribution in [1.29, 1.82) is 0 Å². The number of hydrogen-bond donors (Lipinski definition) is 0. The van der Waals surface area contributed by atoms with Crippen LogP contribution in [0.5, 0.6) is 0 Å². The second kappa shape index (κ2) is 10.3. The van der Waals surface area contributed by atoms with Gasteiger partial charge in [0.2, 0.25) is 0 Å². The van der Waals surface area contributed by atoms with E-state index in [4.69, 9.17) is 4.74 Å². The van der Waals surface area contributed by atoms with Crippen molar-refractivity contribution in [3.05, 3.63) is 0 Å². The van der Waals surface area contributed by atoms with Crippen LogP contribution >= 0.6 is 11.8 Å². The summed E-state index contributed by atoms with van der Waals surface area (Å²) in [5.74, 6) is 0.853. The van der Waals surface area contributed by atoms with Crippen LogP contribution in [0.25, 0.3) is 0 Å². The largest absolute Gasteiger partial charge is 0.466 e. The summed E-state index contributed by atoms with van der Waals surface area (Å²) >= 11 is 1.87. The van der Waals surface area contributed by atoms with Crippen molar-refractivity contribution < 1.29 is 14.3 Å². The Bertz CT molecular complexity index is 330. The molecule has 0 aliphatic heterocycles. The van der Waals surface area contributed by atoms with Crippen molar-refractivity contribution in [2.75, 3.05) is 12.4 Å². The van der Waals surface area contributed by atoms with Crippen LogP contribution in [-0.4, -0.2) is 29.4 Å². The fourth-order valence-electron chi connectivity index (χ4n) is 3.09. The molecule has 1 aliphatic carbocycles. The summed E-state index contributed by atoms with van der Waals surface area (Å²) in [6.07, 6.45) is 6.72. The van der Waals surface area contributed by atoms with Crippen LogP contribution in [0.2, 0.25) is 0 Å². The van der Waals surface area contributed by atoms with Gasteiger partial charge in [-0.15, -0.1) is 0 Å². The third kappa shape index (κ3) is 5.65. The molecule has 1 fully saturated rings. The van der Waals surface area contributed by atoms with E-state index in [0.29, 0.717) is 18.3 Å². The Kier molecular flexibility index (Phi) is 9.05. The standard InChI is InChI=1S/C17H30O3S/c1-4-7-8-9-13(17(19)20-6-3)16-14(18)10-11-15(16)21-12-5-2/h13,15-16H,4-12H2,1-3H3. The van der Waals surface area contributed by atoms with Gasteiger partial charge in [0.1, 0.15) is 5.78 Å². The lowest BCUT2D eigenvalue weighted by Crippen LogP contribution is -2.33. The van der Waals surface area contributed by atoms with Gasteiger partial charge in [0, 0.05) is 17.6 Å². The molecule has 0 saturated heterocycles. The molecule has 3 atom stereocenters. The van der Waals surface area contributed by atoms with Crippen LogP contribution in [0.4, 0.5) is 0 Å². The molecule has 122 valence electrons. The molecule has 0 amide bonds. The summed E-state index contributed by atoms with van der Waals surface area (Å²) < 4.78 is 5.25. The van der Waals surface area contributed by atoms with Gasteiger partial charge in [-0.2, -0.15) is 11.8 Å². The first-order valence-electron chi connectivity index (χ1n) is 8.46. The number of hydrogen-bond acceptors (Lipinski definition) is 4. The Morgan fingerprint density at radius 3 is 2.67 bits per heavy atom. The second-order valence-corrected chi connectivity index (χ2v) is 7.14. The van der Waals surface area contributed by atoms with Gasteiger partial charge >= 0.3 is 5.97 Å². The first-order chi connectivity index (χ1) is 10.2.